The van der Waals surface area contributed by atoms with Crippen molar-refractivity contribution in [2.24, 2.45) is 0 Å². The molecule has 26 heavy (non-hydrogen) atoms. The molecule has 0 unspecified atom stereocenters. The van der Waals surface area contributed by atoms with E-state index in [1.165, 1.54) is 5.56 Å². The van der Waals surface area contributed by atoms with E-state index in [9.17, 15) is 4.79 Å². The Morgan fingerprint density at radius 3 is 2.19 bits per heavy atom. The van der Waals surface area contributed by atoms with Crippen LogP contribution in [-0.2, 0) is 6.54 Å². The fourth-order valence-corrected chi connectivity index (χ4v) is 3.80. The standard InChI is InChI=1S/C19H24N2O4S/c1-23-16-10-15(11-17(24-2)18(16)25-3)19(22)21-7-5-20(6-8-21)12-14-4-9-26-13-14/h4,9-11,13H,5-8,12H2,1-3H3. The van der Waals surface area contributed by atoms with E-state index in [-0.39, 0.29) is 5.91 Å². The lowest BCUT2D eigenvalue weighted by molar-refractivity contribution is 0.0628. The highest BCUT2D eigenvalue weighted by Crippen LogP contribution is 2.38. The molecule has 0 bridgehead atoms. The zero-order valence-corrected chi connectivity index (χ0v) is 16.2. The van der Waals surface area contributed by atoms with Gasteiger partial charge in [0.1, 0.15) is 0 Å². The predicted molar refractivity (Wildman–Crippen MR) is 102 cm³/mol. The Kier molecular flexibility index (Phi) is 6.00. The zero-order chi connectivity index (χ0) is 18.5. The largest absolute Gasteiger partial charge is 0.493 e. The van der Waals surface area contributed by atoms with Crippen LogP contribution in [0.2, 0.25) is 0 Å². The number of benzene rings is 1. The molecule has 7 heteroatoms. The quantitative estimate of drug-likeness (QED) is 0.776. The molecule has 0 aliphatic carbocycles. The molecule has 1 aliphatic heterocycles. The van der Waals surface area contributed by atoms with Crippen molar-refractivity contribution in [3.05, 3.63) is 40.1 Å². The predicted octanol–water partition coefficient (Wildman–Crippen LogP) is 2.73. The van der Waals surface area contributed by atoms with Gasteiger partial charge in [0, 0.05) is 38.3 Å². The molecule has 1 saturated heterocycles. The number of carbonyl (C=O) groups is 1. The molecule has 0 saturated carbocycles. The normalized spacial score (nSPS) is 15.0. The minimum atomic E-state index is -0.0144. The summed E-state index contributed by atoms with van der Waals surface area (Å²) in [7, 11) is 4.65. The fraction of sp³-hybridized carbons (Fsp3) is 0.421. The van der Waals surface area contributed by atoms with Crippen LogP contribution in [0.15, 0.2) is 29.0 Å². The Morgan fingerprint density at radius 2 is 1.69 bits per heavy atom. The fourth-order valence-electron chi connectivity index (χ4n) is 3.14. The van der Waals surface area contributed by atoms with Crippen molar-refractivity contribution in [3.8, 4) is 17.2 Å². The highest BCUT2D eigenvalue weighted by atomic mass is 32.1. The minimum Gasteiger partial charge on any atom is -0.493 e. The molecule has 1 aliphatic rings. The van der Waals surface area contributed by atoms with Gasteiger partial charge < -0.3 is 19.1 Å². The molecule has 1 aromatic heterocycles. The average Bonchev–Trinajstić information content (AvgIpc) is 3.19. The van der Waals surface area contributed by atoms with Crippen molar-refractivity contribution in [2.75, 3.05) is 47.5 Å². The smallest absolute Gasteiger partial charge is 0.254 e. The molecular formula is C19H24N2O4S. The number of methoxy groups -OCH3 is 3. The summed E-state index contributed by atoms with van der Waals surface area (Å²) < 4.78 is 16.0. The highest BCUT2D eigenvalue weighted by Gasteiger charge is 2.24. The summed E-state index contributed by atoms with van der Waals surface area (Å²) in [5, 5.41) is 4.27. The van der Waals surface area contributed by atoms with Crippen LogP contribution >= 0.6 is 11.3 Å². The second kappa shape index (κ2) is 8.42. The molecule has 3 rings (SSSR count). The topological polar surface area (TPSA) is 51.2 Å². The van der Waals surface area contributed by atoms with Gasteiger partial charge >= 0.3 is 0 Å². The van der Waals surface area contributed by atoms with Crippen molar-refractivity contribution in [2.45, 2.75) is 6.54 Å². The second-order valence-corrected chi connectivity index (χ2v) is 6.89. The number of rotatable bonds is 6. The minimum absolute atomic E-state index is 0.0144. The van der Waals surface area contributed by atoms with Crippen LogP contribution in [-0.4, -0.2) is 63.2 Å². The maximum atomic E-state index is 12.9. The van der Waals surface area contributed by atoms with Crippen LogP contribution in [0.5, 0.6) is 17.2 Å². The van der Waals surface area contributed by atoms with E-state index >= 15 is 0 Å². The van der Waals surface area contributed by atoms with Crippen molar-refractivity contribution >= 4 is 17.2 Å². The van der Waals surface area contributed by atoms with Gasteiger partial charge in [0.05, 0.1) is 21.3 Å². The summed E-state index contributed by atoms with van der Waals surface area (Å²) >= 11 is 1.72. The van der Waals surface area contributed by atoms with E-state index in [4.69, 9.17) is 14.2 Å². The number of carbonyl (C=O) groups excluding carboxylic acids is 1. The van der Waals surface area contributed by atoms with E-state index in [0.717, 1.165) is 19.6 Å². The Hall–Kier alpha value is -2.25. The molecule has 140 valence electrons. The molecule has 0 spiro atoms. The summed E-state index contributed by atoms with van der Waals surface area (Å²) in [5.41, 5.74) is 1.88. The van der Waals surface area contributed by atoms with Crippen LogP contribution < -0.4 is 14.2 Å². The molecule has 6 nitrogen and oxygen atoms in total. The van der Waals surface area contributed by atoms with E-state index in [0.29, 0.717) is 35.9 Å². The summed E-state index contributed by atoms with van der Waals surface area (Å²) in [6, 6.07) is 5.57. The summed E-state index contributed by atoms with van der Waals surface area (Å²) in [6.07, 6.45) is 0. The van der Waals surface area contributed by atoms with Gasteiger partial charge in [0.25, 0.3) is 5.91 Å². The van der Waals surface area contributed by atoms with Gasteiger partial charge in [-0.05, 0) is 34.5 Å². The first-order valence-corrected chi connectivity index (χ1v) is 9.43. The summed E-state index contributed by atoms with van der Waals surface area (Å²) in [5.74, 6) is 1.46. The lowest BCUT2D eigenvalue weighted by Crippen LogP contribution is -2.48. The van der Waals surface area contributed by atoms with Crippen molar-refractivity contribution in [1.29, 1.82) is 0 Å². The number of ether oxygens (including phenoxy) is 3. The van der Waals surface area contributed by atoms with Gasteiger partial charge in [0.2, 0.25) is 5.75 Å². The Bertz CT molecular complexity index is 715. The van der Waals surface area contributed by atoms with Gasteiger partial charge in [-0.25, -0.2) is 0 Å². The molecule has 0 N–H and O–H groups in total. The summed E-state index contributed by atoms with van der Waals surface area (Å²) in [6.45, 7) is 4.09. The van der Waals surface area contributed by atoms with E-state index in [1.54, 1.807) is 44.8 Å². The third-order valence-electron chi connectivity index (χ3n) is 4.56. The molecule has 1 fully saturated rings. The number of amides is 1. The van der Waals surface area contributed by atoms with Crippen molar-refractivity contribution in [1.82, 2.24) is 9.80 Å². The zero-order valence-electron chi connectivity index (χ0n) is 15.4. The van der Waals surface area contributed by atoms with Crippen LogP contribution in [0.1, 0.15) is 15.9 Å². The van der Waals surface area contributed by atoms with E-state index < -0.39 is 0 Å². The number of nitrogens with zero attached hydrogens (tertiary/aromatic N) is 2. The molecule has 0 radical (unpaired) electrons. The van der Waals surface area contributed by atoms with Crippen LogP contribution in [0, 0.1) is 0 Å². The number of hydrogen-bond donors (Lipinski definition) is 0. The van der Waals surface area contributed by atoms with Gasteiger partial charge in [-0.3, -0.25) is 9.69 Å². The third kappa shape index (κ3) is 3.94. The lowest BCUT2D eigenvalue weighted by atomic mass is 10.1. The van der Waals surface area contributed by atoms with Crippen LogP contribution in [0.3, 0.4) is 0 Å². The molecule has 2 aromatic rings. The number of thiophene rings is 1. The number of hydrogen-bond acceptors (Lipinski definition) is 6. The van der Waals surface area contributed by atoms with Gasteiger partial charge in [0.15, 0.2) is 11.5 Å². The lowest BCUT2D eigenvalue weighted by Gasteiger charge is -2.34. The van der Waals surface area contributed by atoms with Crippen molar-refractivity contribution in [3.63, 3.8) is 0 Å². The molecule has 1 amide bonds. The first-order valence-electron chi connectivity index (χ1n) is 8.49. The summed E-state index contributed by atoms with van der Waals surface area (Å²) in [4.78, 5) is 17.2. The van der Waals surface area contributed by atoms with Crippen LogP contribution in [0.25, 0.3) is 0 Å². The SMILES string of the molecule is COc1cc(C(=O)N2CCN(Cc3ccsc3)CC2)cc(OC)c1OC. The molecule has 2 heterocycles. The maximum absolute atomic E-state index is 12.9. The average molecular weight is 376 g/mol. The van der Waals surface area contributed by atoms with Crippen LogP contribution in [0.4, 0.5) is 0 Å². The molecule has 0 atom stereocenters. The molecule has 1 aromatic carbocycles. The van der Waals surface area contributed by atoms with Gasteiger partial charge in [-0.15, -0.1) is 0 Å². The third-order valence-corrected chi connectivity index (χ3v) is 5.29. The van der Waals surface area contributed by atoms with E-state index in [2.05, 4.69) is 21.7 Å². The maximum Gasteiger partial charge on any atom is 0.254 e. The molecular weight excluding hydrogens is 352 g/mol. The van der Waals surface area contributed by atoms with E-state index in [1.807, 2.05) is 4.90 Å². The van der Waals surface area contributed by atoms with Gasteiger partial charge in [-0.2, -0.15) is 11.3 Å². The highest BCUT2D eigenvalue weighted by molar-refractivity contribution is 7.07. The Labute approximate surface area is 157 Å². The Morgan fingerprint density at radius 1 is 1.04 bits per heavy atom. The van der Waals surface area contributed by atoms with Crippen molar-refractivity contribution < 1.29 is 19.0 Å². The Balaban J connectivity index is 1.68. The second-order valence-electron chi connectivity index (χ2n) is 6.11. The first kappa shape index (κ1) is 18.5. The number of piperazine rings is 1. The first-order chi connectivity index (χ1) is 12.7. The van der Waals surface area contributed by atoms with Gasteiger partial charge in [-0.1, -0.05) is 0 Å². The monoisotopic (exact) mass is 376 g/mol.